The summed E-state index contributed by atoms with van der Waals surface area (Å²) in [6, 6.07) is 0. The van der Waals surface area contributed by atoms with Gasteiger partial charge in [-0.3, -0.25) is 5.32 Å². The largest absolute Gasteiger partial charge is 0.444 e. The first-order valence-corrected chi connectivity index (χ1v) is 7.38. The highest BCUT2D eigenvalue weighted by Crippen LogP contribution is 2.17. The van der Waals surface area contributed by atoms with Crippen molar-refractivity contribution in [1.82, 2.24) is 4.98 Å². The average Bonchev–Trinajstić information content (AvgIpc) is 2.74. The second kappa shape index (κ2) is 8.18. The highest BCUT2D eigenvalue weighted by Gasteiger charge is 2.17. The second-order valence-electron chi connectivity index (χ2n) is 5.02. The third-order valence-electron chi connectivity index (χ3n) is 1.99. The van der Waals surface area contributed by atoms with Crippen LogP contribution in [0.15, 0.2) is 5.38 Å². The molecule has 0 bridgehead atoms. The van der Waals surface area contributed by atoms with Crippen molar-refractivity contribution in [3.8, 4) is 0 Å². The first-order chi connectivity index (χ1) is 9.40. The molecule has 0 spiro atoms. The number of amides is 1. The molecule has 0 unspecified atom stereocenters. The molecule has 1 N–H and O–H groups in total. The van der Waals surface area contributed by atoms with Crippen LogP contribution in [0.3, 0.4) is 0 Å². The molecule has 0 fully saturated rings. The molecule has 20 heavy (non-hydrogen) atoms. The summed E-state index contributed by atoms with van der Waals surface area (Å²) in [5.74, 6) is 0. The molecule has 0 aliphatic rings. The summed E-state index contributed by atoms with van der Waals surface area (Å²) in [5, 5.41) is 4.94. The Balaban J connectivity index is 2.30. The van der Waals surface area contributed by atoms with Gasteiger partial charge in [-0.15, -0.1) is 11.3 Å². The van der Waals surface area contributed by atoms with Crippen molar-refractivity contribution in [2.24, 2.45) is 0 Å². The van der Waals surface area contributed by atoms with Gasteiger partial charge >= 0.3 is 6.09 Å². The third kappa shape index (κ3) is 7.42. The number of hydrogen-bond donors (Lipinski definition) is 1. The van der Waals surface area contributed by atoms with Crippen molar-refractivity contribution >= 4 is 22.6 Å². The van der Waals surface area contributed by atoms with Crippen molar-refractivity contribution in [3.05, 3.63) is 11.1 Å². The Morgan fingerprint density at radius 2 is 2.05 bits per heavy atom. The van der Waals surface area contributed by atoms with E-state index in [1.165, 1.54) is 11.3 Å². The Kier molecular flexibility index (Phi) is 6.90. The number of carbonyl (C=O) groups is 1. The summed E-state index contributed by atoms with van der Waals surface area (Å²) in [4.78, 5) is 15.8. The van der Waals surface area contributed by atoms with Gasteiger partial charge < -0.3 is 14.2 Å². The van der Waals surface area contributed by atoms with E-state index in [0.717, 1.165) is 5.69 Å². The van der Waals surface area contributed by atoms with Gasteiger partial charge in [-0.05, 0) is 27.7 Å². The number of thiazole rings is 1. The van der Waals surface area contributed by atoms with Crippen LogP contribution in [-0.2, 0) is 20.8 Å². The highest BCUT2D eigenvalue weighted by molar-refractivity contribution is 7.13. The molecule has 6 nitrogen and oxygen atoms in total. The molecule has 1 rings (SSSR count). The Labute approximate surface area is 123 Å². The molecule has 0 atom stereocenters. The van der Waals surface area contributed by atoms with Gasteiger partial charge in [0.1, 0.15) is 5.60 Å². The maximum absolute atomic E-state index is 11.6. The normalized spacial score (nSPS) is 11.4. The van der Waals surface area contributed by atoms with Crippen LogP contribution in [0.4, 0.5) is 9.93 Å². The van der Waals surface area contributed by atoms with E-state index < -0.39 is 11.7 Å². The molecule has 0 saturated heterocycles. The van der Waals surface area contributed by atoms with Gasteiger partial charge in [0.2, 0.25) is 0 Å². The molecular weight excluding hydrogens is 280 g/mol. The van der Waals surface area contributed by atoms with Gasteiger partial charge in [-0.2, -0.15) is 0 Å². The van der Waals surface area contributed by atoms with Gasteiger partial charge in [0, 0.05) is 12.0 Å². The van der Waals surface area contributed by atoms with Crippen LogP contribution in [0.25, 0.3) is 0 Å². The minimum Gasteiger partial charge on any atom is -0.444 e. The Bertz CT molecular complexity index is 415. The maximum Gasteiger partial charge on any atom is 0.413 e. The SMILES string of the molecule is CCOCCOCc1csc(NC(=O)OC(C)(C)C)n1. The van der Waals surface area contributed by atoms with Crippen LogP contribution < -0.4 is 5.32 Å². The second-order valence-corrected chi connectivity index (χ2v) is 5.88. The van der Waals surface area contributed by atoms with Crippen molar-refractivity contribution in [3.63, 3.8) is 0 Å². The molecule has 0 aliphatic heterocycles. The Morgan fingerprint density at radius 3 is 2.70 bits per heavy atom. The van der Waals surface area contributed by atoms with E-state index in [9.17, 15) is 4.79 Å². The summed E-state index contributed by atoms with van der Waals surface area (Å²) >= 11 is 1.34. The Morgan fingerprint density at radius 1 is 1.35 bits per heavy atom. The monoisotopic (exact) mass is 302 g/mol. The lowest BCUT2D eigenvalue weighted by atomic mass is 10.2. The molecule has 0 aromatic carbocycles. The van der Waals surface area contributed by atoms with Gasteiger partial charge in [-0.25, -0.2) is 9.78 Å². The number of hydrogen-bond acceptors (Lipinski definition) is 6. The van der Waals surface area contributed by atoms with E-state index in [0.29, 0.717) is 31.6 Å². The predicted molar refractivity (Wildman–Crippen MR) is 78.1 cm³/mol. The van der Waals surface area contributed by atoms with Crippen LogP contribution in [0.2, 0.25) is 0 Å². The van der Waals surface area contributed by atoms with E-state index in [2.05, 4.69) is 10.3 Å². The summed E-state index contributed by atoms with van der Waals surface area (Å²) in [6.45, 7) is 9.56. The third-order valence-corrected chi connectivity index (χ3v) is 2.79. The Hall–Kier alpha value is -1.18. The highest BCUT2D eigenvalue weighted by atomic mass is 32.1. The van der Waals surface area contributed by atoms with E-state index in [-0.39, 0.29) is 0 Å². The van der Waals surface area contributed by atoms with Crippen molar-refractivity contribution in [2.45, 2.75) is 39.9 Å². The number of rotatable bonds is 7. The zero-order valence-corrected chi connectivity index (χ0v) is 13.2. The molecular formula is C13H22N2O4S. The molecule has 1 heterocycles. The molecule has 1 aromatic heterocycles. The lowest BCUT2D eigenvalue weighted by Gasteiger charge is -2.18. The van der Waals surface area contributed by atoms with Crippen LogP contribution >= 0.6 is 11.3 Å². The zero-order chi connectivity index (χ0) is 15.0. The summed E-state index contributed by atoms with van der Waals surface area (Å²) in [6.07, 6.45) is -0.504. The van der Waals surface area contributed by atoms with Crippen LogP contribution in [0.1, 0.15) is 33.4 Å². The number of anilines is 1. The van der Waals surface area contributed by atoms with Crippen molar-refractivity contribution < 1.29 is 19.0 Å². The van der Waals surface area contributed by atoms with Crippen LogP contribution in [0.5, 0.6) is 0 Å². The topological polar surface area (TPSA) is 69.7 Å². The fourth-order valence-electron chi connectivity index (χ4n) is 1.26. The van der Waals surface area contributed by atoms with Crippen LogP contribution in [0, 0.1) is 0 Å². The summed E-state index contributed by atoms with van der Waals surface area (Å²) < 4.78 is 15.7. The first kappa shape index (κ1) is 16.9. The molecule has 7 heteroatoms. The van der Waals surface area contributed by atoms with Gasteiger partial charge in [0.05, 0.1) is 25.5 Å². The van der Waals surface area contributed by atoms with Crippen molar-refractivity contribution in [1.29, 1.82) is 0 Å². The fourth-order valence-corrected chi connectivity index (χ4v) is 1.94. The van der Waals surface area contributed by atoms with E-state index in [1.54, 1.807) is 0 Å². The smallest absolute Gasteiger partial charge is 0.413 e. The lowest BCUT2D eigenvalue weighted by molar-refractivity contribution is 0.0443. The van der Waals surface area contributed by atoms with Crippen molar-refractivity contribution in [2.75, 3.05) is 25.1 Å². The van der Waals surface area contributed by atoms with Gasteiger partial charge in [0.25, 0.3) is 0 Å². The van der Waals surface area contributed by atoms with Gasteiger partial charge in [-0.1, -0.05) is 0 Å². The van der Waals surface area contributed by atoms with E-state index >= 15 is 0 Å². The predicted octanol–water partition coefficient (Wildman–Crippen LogP) is 3.04. The van der Waals surface area contributed by atoms with E-state index in [1.807, 2.05) is 33.1 Å². The molecule has 0 saturated carbocycles. The number of nitrogens with zero attached hydrogens (tertiary/aromatic N) is 1. The number of ether oxygens (including phenoxy) is 3. The molecule has 0 radical (unpaired) electrons. The lowest BCUT2D eigenvalue weighted by Crippen LogP contribution is -2.27. The molecule has 1 amide bonds. The molecule has 0 aliphatic carbocycles. The summed E-state index contributed by atoms with van der Waals surface area (Å²) in [5.41, 5.74) is 0.254. The quantitative estimate of drug-likeness (QED) is 0.784. The number of aromatic nitrogens is 1. The first-order valence-electron chi connectivity index (χ1n) is 6.50. The standard InChI is InChI=1S/C13H22N2O4S/c1-5-17-6-7-18-8-10-9-20-11(14-10)15-12(16)19-13(2,3)4/h9H,5-8H2,1-4H3,(H,14,15,16). The number of carbonyl (C=O) groups excluding carboxylic acids is 1. The number of nitrogens with one attached hydrogen (secondary N) is 1. The fraction of sp³-hybridized carbons (Fsp3) is 0.692. The molecule has 114 valence electrons. The van der Waals surface area contributed by atoms with E-state index in [4.69, 9.17) is 14.2 Å². The minimum atomic E-state index is -0.521. The zero-order valence-electron chi connectivity index (χ0n) is 12.4. The van der Waals surface area contributed by atoms with Crippen LogP contribution in [-0.4, -0.2) is 36.5 Å². The average molecular weight is 302 g/mol. The minimum absolute atomic E-state index is 0.402. The molecule has 1 aromatic rings. The summed E-state index contributed by atoms with van der Waals surface area (Å²) in [7, 11) is 0. The maximum atomic E-state index is 11.6. The van der Waals surface area contributed by atoms with Gasteiger partial charge in [0.15, 0.2) is 5.13 Å².